The standard InChI is InChI=1S/C10H15O5P.2Na/c1-10(2,3)8-4-6-9(7-5-8)14-15-16(11,12)13;;/h4-7H,1-3H3,(H2,11,12,13);;/q;2*+1/p-2. The Morgan fingerprint density at radius 2 is 1.50 bits per heavy atom. The van der Waals surface area contributed by atoms with E-state index >= 15 is 0 Å². The van der Waals surface area contributed by atoms with E-state index in [2.05, 4.69) is 9.56 Å². The minimum atomic E-state index is -5.10. The summed E-state index contributed by atoms with van der Waals surface area (Å²) in [5.41, 5.74) is 1.05. The zero-order chi connectivity index (χ0) is 12.4. The quantitative estimate of drug-likeness (QED) is 0.241. The molecule has 1 aromatic rings. The van der Waals surface area contributed by atoms with Gasteiger partial charge in [0.15, 0.2) is 5.75 Å². The molecule has 0 radical (unpaired) electrons. The number of benzene rings is 1. The minimum absolute atomic E-state index is 0. The molecule has 0 aliphatic carbocycles. The molecule has 0 saturated carbocycles. The second-order valence-electron chi connectivity index (χ2n) is 4.38. The Balaban J connectivity index is 0. The molecular formula is C10H13Na2O5P. The zero-order valence-electron chi connectivity index (χ0n) is 11.3. The van der Waals surface area contributed by atoms with Gasteiger partial charge in [0.05, 0.1) is 0 Å². The molecule has 5 nitrogen and oxygen atoms in total. The molecule has 1 rings (SSSR count). The molecule has 0 saturated heterocycles. The Hall–Kier alpha value is 1.13. The van der Waals surface area contributed by atoms with E-state index in [9.17, 15) is 14.4 Å². The molecular weight excluding hydrogens is 277 g/mol. The molecule has 0 bridgehead atoms. The van der Waals surface area contributed by atoms with Gasteiger partial charge in [-0.1, -0.05) is 32.9 Å². The van der Waals surface area contributed by atoms with Gasteiger partial charge in [-0.2, -0.15) is 4.67 Å². The summed E-state index contributed by atoms with van der Waals surface area (Å²) < 4.78 is 13.8. The summed E-state index contributed by atoms with van der Waals surface area (Å²) in [4.78, 5) is 24.7. The summed E-state index contributed by atoms with van der Waals surface area (Å²) >= 11 is 0. The van der Waals surface area contributed by atoms with Crippen molar-refractivity contribution in [1.29, 1.82) is 0 Å². The van der Waals surface area contributed by atoms with Gasteiger partial charge in [-0.25, -0.2) is 0 Å². The van der Waals surface area contributed by atoms with Crippen molar-refractivity contribution in [2.75, 3.05) is 0 Å². The van der Waals surface area contributed by atoms with Gasteiger partial charge in [-0.05, 0) is 23.1 Å². The second kappa shape index (κ2) is 8.42. The van der Waals surface area contributed by atoms with Crippen LogP contribution in [0.15, 0.2) is 24.3 Å². The summed E-state index contributed by atoms with van der Waals surface area (Å²) in [6.45, 7) is 6.13. The van der Waals surface area contributed by atoms with Gasteiger partial charge in [-0.3, -0.25) is 0 Å². The molecule has 0 heterocycles. The van der Waals surface area contributed by atoms with E-state index in [4.69, 9.17) is 0 Å². The van der Waals surface area contributed by atoms with Crippen LogP contribution in [0.25, 0.3) is 0 Å². The van der Waals surface area contributed by atoms with Gasteiger partial charge in [-0.15, -0.1) is 0 Å². The van der Waals surface area contributed by atoms with E-state index in [1.54, 1.807) is 12.1 Å². The fourth-order valence-corrected chi connectivity index (χ4v) is 1.28. The first-order valence-corrected chi connectivity index (χ1v) is 6.13. The summed E-state index contributed by atoms with van der Waals surface area (Å²) in [7, 11) is -5.10. The zero-order valence-corrected chi connectivity index (χ0v) is 16.2. The predicted molar refractivity (Wildman–Crippen MR) is 54.5 cm³/mol. The molecule has 0 spiro atoms. The van der Waals surface area contributed by atoms with Crippen molar-refractivity contribution in [2.24, 2.45) is 0 Å². The van der Waals surface area contributed by atoms with Crippen molar-refractivity contribution >= 4 is 7.82 Å². The second-order valence-corrected chi connectivity index (χ2v) is 5.42. The van der Waals surface area contributed by atoms with Gasteiger partial charge in [0, 0.05) is 0 Å². The van der Waals surface area contributed by atoms with E-state index in [-0.39, 0.29) is 70.3 Å². The Labute approximate surface area is 151 Å². The van der Waals surface area contributed by atoms with Crippen molar-refractivity contribution in [3.8, 4) is 5.75 Å². The van der Waals surface area contributed by atoms with Crippen LogP contribution in [0.3, 0.4) is 0 Å². The summed E-state index contributed by atoms with van der Waals surface area (Å²) in [6, 6.07) is 6.63. The third kappa shape index (κ3) is 8.33. The molecule has 1 aromatic carbocycles. The molecule has 0 amide bonds. The van der Waals surface area contributed by atoms with Crippen LogP contribution in [-0.2, 0) is 14.7 Å². The maximum absolute atomic E-state index is 10.2. The van der Waals surface area contributed by atoms with Crippen LogP contribution in [0.5, 0.6) is 5.75 Å². The van der Waals surface area contributed by atoms with Crippen LogP contribution in [0.4, 0.5) is 0 Å². The van der Waals surface area contributed by atoms with Gasteiger partial charge >= 0.3 is 59.1 Å². The van der Waals surface area contributed by atoms with Gasteiger partial charge in [0.1, 0.15) is 7.82 Å². The largest absolute Gasteiger partial charge is 1.00 e. The fraction of sp³-hybridized carbons (Fsp3) is 0.400. The fourth-order valence-electron chi connectivity index (χ4n) is 1.10. The maximum atomic E-state index is 10.2. The Bertz CT molecular complexity index is 396. The average molecular weight is 290 g/mol. The summed E-state index contributed by atoms with van der Waals surface area (Å²) in [6.07, 6.45) is 0. The van der Waals surface area contributed by atoms with Gasteiger partial charge in [0.25, 0.3) is 0 Å². The summed E-state index contributed by atoms with van der Waals surface area (Å²) in [5.74, 6) is 0.167. The first-order chi connectivity index (χ1) is 7.18. The molecule has 0 N–H and O–H groups in total. The van der Waals surface area contributed by atoms with Crippen molar-refractivity contribution in [1.82, 2.24) is 0 Å². The van der Waals surface area contributed by atoms with Gasteiger partial charge < -0.3 is 19.2 Å². The van der Waals surface area contributed by atoms with E-state index < -0.39 is 7.82 Å². The smallest absolute Gasteiger partial charge is 0.787 e. The van der Waals surface area contributed by atoms with Gasteiger partial charge in [0.2, 0.25) is 0 Å². The molecule has 0 fully saturated rings. The third-order valence-electron chi connectivity index (χ3n) is 1.95. The molecule has 0 atom stereocenters. The molecule has 0 aromatic heterocycles. The van der Waals surface area contributed by atoms with Crippen molar-refractivity contribution in [3.05, 3.63) is 29.8 Å². The topological polar surface area (TPSA) is 81.7 Å². The number of phosphoric acid groups is 1. The monoisotopic (exact) mass is 290 g/mol. The van der Waals surface area contributed by atoms with Crippen LogP contribution in [0.2, 0.25) is 0 Å². The SMILES string of the molecule is CC(C)(C)c1ccc(OOP(=O)([O-])[O-])cc1.[Na+].[Na+]. The minimum Gasteiger partial charge on any atom is -0.787 e. The Morgan fingerprint density at radius 3 is 1.83 bits per heavy atom. The van der Waals surface area contributed by atoms with Crippen LogP contribution in [0.1, 0.15) is 26.3 Å². The van der Waals surface area contributed by atoms with E-state index in [1.807, 2.05) is 20.8 Å². The third-order valence-corrected chi connectivity index (χ3v) is 2.20. The van der Waals surface area contributed by atoms with Crippen LogP contribution in [0, 0.1) is 0 Å². The Kier molecular flexibility index (Phi) is 10.0. The number of hydrogen-bond donors (Lipinski definition) is 0. The van der Waals surface area contributed by atoms with E-state index in [1.165, 1.54) is 12.1 Å². The van der Waals surface area contributed by atoms with Crippen molar-refractivity contribution in [2.45, 2.75) is 26.2 Å². The number of hydrogen-bond acceptors (Lipinski definition) is 5. The van der Waals surface area contributed by atoms with E-state index in [0.29, 0.717) is 0 Å². The molecule has 8 heteroatoms. The molecule has 0 aliphatic heterocycles. The average Bonchev–Trinajstić information content (AvgIpc) is 2.13. The normalized spacial score (nSPS) is 11.2. The van der Waals surface area contributed by atoms with E-state index in [0.717, 1.165) is 5.56 Å². The molecule has 0 unspecified atom stereocenters. The Morgan fingerprint density at radius 1 is 1.06 bits per heavy atom. The summed E-state index contributed by atoms with van der Waals surface area (Å²) in [5, 5.41) is 0. The predicted octanol–water partition coefficient (Wildman–Crippen LogP) is -4.87. The molecule has 90 valence electrons. The van der Waals surface area contributed by atoms with Crippen LogP contribution in [-0.4, -0.2) is 0 Å². The van der Waals surface area contributed by atoms with Crippen molar-refractivity contribution < 1.29 is 83.0 Å². The maximum Gasteiger partial charge on any atom is 1.00 e. The molecule has 18 heavy (non-hydrogen) atoms. The first kappa shape index (κ1) is 21.4. The van der Waals surface area contributed by atoms with Crippen LogP contribution < -0.4 is 73.8 Å². The molecule has 0 aliphatic rings. The van der Waals surface area contributed by atoms with Crippen molar-refractivity contribution in [3.63, 3.8) is 0 Å². The van der Waals surface area contributed by atoms with Crippen LogP contribution >= 0.6 is 7.82 Å². The first-order valence-electron chi connectivity index (χ1n) is 4.67. The number of rotatable bonds is 3.